The Hall–Kier alpha value is -0.730. The average Bonchev–Trinajstić information content (AvgIpc) is 3.08. The molecule has 0 fully saturated rings. The van der Waals surface area contributed by atoms with Crippen LogP contribution in [-0.2, 0) is 23.1 Å². The third kappa shape index (κ3) is 4.39. The van der Waals surface area contributed by atoms with Gasteiger partial charge in [0.15, 0.2) is 0 Å². The molecule has 0 atom stereocenters. The molecule has 0 saturated carbocycles. The second-order valence-electron chi connectivity index (χ2n) is 4.38. The molecule has 0 aliphatic carbocycles. The van der Waals surface area contributed by atoms with Crippen molar-refractivity contribution in [2.45, 2.75) is 31.3 Å². The monoisotopic (exact) mass is 330 g/mol. The van der Waals surface area contributed by atoms with Gasteiger partial charge >= 0.3 is 0 Å². The first-order chi connectivity index (χ1) is 9.62. The summed E-state index contributed by atoms with van der Waals surface area (Å²) >= 11 is 3.03. The van der Waals surface area contributed by atoms with Crippen molar-refractivity contribution in [3.63, 3.8) is 0 Å². The molecule has 4 nitrogen and oxygen atoms in total. The molecule has 0 spiro atoms. The highest BCUT2D eigenvalue weighted by Gasteiger charge is 2.15. The van der Waals surface area contributed by atoms with Gasteiger partial charge in [-0.2, -0.15) is 11.3 Å². The molecule has 0 unspecified atom stereocenters. The number of rotatable bonds is 8. The van der Waals surface area contributed by atoms with Crippen LogP contribution in [0.1, 0.15) is 23.8 Å². The van der Waals surface area contributed by atoms with Crippen LogP contribution in [0.25, 0.3) is 0 Å². The Morgan fingerprint density at radius 1 is 1.25 bits per heavy atom. The summed E-state index contributed by atoms with van der Waals surface area (Å²) in [4.78, 5) is 1.39. The summed E-state index contributed by atoms with van der Waals surface area (Å²) in [5, 5.41) is 8.84. The first-order valence-corrected chi connectivity index (χ1v) is 9.71. The second kappa shape index (κ2) is 7.33. The van der Waals surface area contributed by atoms with Crippen molar-refractivity contribution in [3.8, 4) is 0 Å². The number of sulfonamides is 1. The van der Waals surface area contributed by atoms with Crippen LogP contribution >= 0.6 is 22.7 Å². The molecular formula is C13H18N2O2S3. The smallest absolute Gasteiger partial charge is 0.241 e. The predicted octanol–water partition coefficient (Wildman–Crippen LogP) is 2.79. The second-order valence-corrected chi connectivity index (χ2v) is 7.92. The van der Waals surface area contributed by atoms with Crippen molar-refractivity contribution in [2.24, 2.45) is 0 Å². The van der Waals surface area contributed by atoms with E-state index >= 15 is 0 Å². The molecule has 2 N–H and O–H groups in total. The molecule has 2 rings (SSSR count). The molecule has 2 heterocycles. The van der Waals surface area contributed by atoms with Crippen LogP contribution in [0.5, 0.6) is 0 Å². The summed E-state index contributed by atoms with van der Waals surface area (Å²) in [6.45, 7) is 4.10. The van der Waals surface area contributed by atoms with Crippen LogP contribution in [0, 0.1) is 0 Å². The maximum absolute atomic E-state index is 12.1. The molecule has 20 heavy (non-hydrogen) atoms. The zero-order valence-corrected chi connectivity index (χ0v) is 13.7. The van der Waals surface area contributed by atoms with Gasteiger partial charge in [-0.3, -0.25) is 0 Å². The van der Waals surface area contributed by atoms with Gasteiger partial charge in [0.1, 0.15) is 0 Å². The van der Waals surface area contributed by atoms with E-state index in [1.54, 1.807) is 22.8 Å². The fraction of sp³-hybridized carbons (Fsp3) is 0.385. The van der Waals surface area contributed by atoms with Crippen LogP contribution < -0.4 is 10.0 Å². The molecule has 0 bridgehead atoms. The fourth-order valence-corrected chi connectivity index (χ4v) is 4.57. The molecule has 0 aliphatic heterocycles. The number of hydrogen-bond donors (Lipinski definition) is 2. The Labute approximate surface area is 127 Å². The van der Waals surface area contributed by atoms with Crippen molar-refractivity contribution >= 4 is 32.7 Å². The number of nitrogens with one attached hydrogen (secondary N) is 2. The van der Waals surface area contributed by atoms with E-state index in [2.05, 4.69) is 17.0 Å². The average molecular weight is 330 g/mol. The number of hydrogen-bond acceptors (Lipinski definition) is 5. The van der Waals surface area contributed by atoms with Crippen LogP contribution in [-0.4, -0.2) is 15.0 Å². The highest BCUT2D eigenvalue weighted by Crippen LogP contribution is 2.19. The Morgan fingerprint density at radius 2 is 2.10 bits per heavy atom. The quantitative estimate of drug-likeness (QED) is 0.732. The Kier molecular flexibility index (Phi) is 5.74. The summed E-state index contributed by atoms with van der Waals surface area (Å²) in [5.74, 6) is 0. The summed E-state index contributed by atoms with van der Waals surface area (Å²) in [6, 6.07) is 3.66. The Morgan fingerprint density at radius 3 is 2.80 bits per heavy atom. The third-order valence-electron chi connectivity index (χ3n) is 2.71. The van der Waals surface area contributed by atoms with Crippen molar-refractivity contribution in [1.82, 2.24) is 10.0 Å². The summed E-state index contributed by atoms with van der Waals surface area (Å²) in [7, 11) is -3.41. The molecule has 0 aromatic carbocycles. The van der Waals surface area contributed by atoms with E-state index in [-0.39, 0.29) is 0 Å². The lowest BCUT2D eigenvalue weighted by Crippen LogP contribution is -2.22. The standard InChI is InChI=1S/C13H18N2O2S3/c1-2-4-14-8-12-6-13(10-19-12)20(16,17)15-7-11-3-5-18-9-11/h3,5-6,9-10,14-15H,2,4,7-8H2,1H3. The number of thiophene rings is 2. The van der Waals surface area contributed by atoms with E-state index in [0.29, 0.717) is 11.4 Å². The summed E-state index contributed by atoms with van der Waals surface area (Å²) in [6.07, 6.45) is 1.07. The highest BCUT2D eigenvalue weighted by molar-refractivity contribution is 7.89. The molecule has 110 valence electrons. The fourth-order valence-electron chi connectivity index (χ4n) is 1.64. The lowest BCUT2D eigenvalue weighted by atomic mass is 10.4. The minimum absolute atomic E-state index is 0.338. The first-order valence-electron chi connectivity index (χ1n) is 6.40. The van der Waals surface area contributed by atoms with Gasteiger partial charge in [-0.25, -0.2) is 13.1 Å². The van der Waals surface area contributed by atoms with Gasteiger partial charge in [0, 0.05) is 23.3 Å². The van der Waals surface area contributed by atoms with Gasteiger partial charge in [-0.05, 0) is 41.4 Å². The molecule has 0 amide bonds. The zero-order valence-electron chi connectivity index (χ0n) is 11.3. The van der Waals surface area contributed by atoms with Crippen molar-refractivity contribution in [3.05, 3.63) is 38.7 Å². The molecular weight excluding hydrogens is 312 g/mol. The summed E-state index contributed by atoms with van der Waals surface area (Å²) in [5.41, 5.74) is 0.985. The lowest BCUT2D eigenvalue weighted by Gasteiger charge is -2.03. The maximum atomic E-state index is 12.1. The lowest BCUT2D eigenvalue weighted by molar-refractivity contribution is 0.581. The molecule has 0 radical (unpaired) electrons. The van der Waals surface area contributed by atoms with Crippen molar-refractivity contribution in [2.75, 3.05) is 6.54 Å². The Balaban J connectivity index is 1.95. The van der Waals surface area contributed by atoms with Crippen LogP contribution in [0.2, 0.25) is 0 Å². The predicted molar refractivity (Wildman–Crippen MR) is 84.7 cm³/mol. The van der Waals surface area contributed by atoms with Crippen LogP contribution in [0.4, 0.5) is 0 Å². The maximum Gasteiger partial charge on any atom is 0.241 e. The normalized spacial score (nSPS) is 11.8. The minimum Gasteiger partial charge on any atom is -0.312 e. The van der Waals surface area contributed by atoms with E-state index < -0.39 is 10.0 Å². The van der Waals surface area contributed by atoms with Gasteiger partial charge in [0.2, 0.25) is 10.0 Å². The molecule has 2 aromatic heterocycles. The summed E-state index contributed by atoms with van der Waals surface area (Å²) < 4.78 is 26.9. The van der Waals surface area contributed by atoms with E-state index in [4.69, 9.17) is 0 Å². The highest BCUT2D eigenvalue weighted by atomic mass is 32.2. The van der Waals surface area contributed by atoms with E-state index in [0.717, 1.165) is 30.0 Å². The van der Waals surface area contributed by atoms with E-state index in [9.17, 15) is 8.42 Å². The Bertz CT molecular complexity index is 618. The van der Waals surface area contributed by atoms with E-state index in [1.165, 1.54) is 11.3 Å². The van der Waals surface area contributed by atoms with Crippen LogP contribution in [0.3, 0.4) is 0 Å². The van der Waals surface area contributed by atoms with Gasteiger partial charge in [-0.1, -0.05) is 6.92 Å². The largest absolute Gasteiger partial charge is 0.312 e. The SMILES string of the molecule is CCCNCc1cc(S(=O)(=O)NCc2ccsc2)cs1. The van der Waals surface area contributed by atoms with Gasteiger partial charge < -0.3 is 5.32 Å². The minimum atomic E-state index is -3.41. The van der Waals surface area contributed by atoms with Crippen LogP contribution in [0.15, 0.2) is 33.2 Å². The van der Waals surface area contributed by atoms with Crippen molar-refractivity contribution < 1.29 is 8.42 Å². The third-order valence-corrected chi connectivity index (χ3v) is 5.91. The first kappa shape index (κ1) is 15.7. The molecule has 0 saturated heterocycles. The molecule has 7 heteroatoms. The zero-order chi connectivity index (χ0) is 14.4. The van der Waals surface area contributed by atoms with E-state index in [1.807, 2.05) is 16.8 Å². The van der Waals surface area contributed by atoms with Gasteiger partial charge in [0.05, 0.1) is 4.90 Å². The van der Waals surface area contributed by atoms with Gasteiger partial charge in [-0.15, -0.1) is 11.3 Å². The molecule has 0 aliphatic rings. The van der Waals surface area contributed by atoms with Gasteiger partial charge in [0.25, 0.3) is 0 Å². The molecule has 2 aromatic rings. The van der Waals surface area contributed by atoms with Crippen molar-refractivity contribution in [1.29, 1.82) is 0 Å². The topological polar surface area (TPSA) is 58.2 Å².